The van der Waals surface area contributed by atoms with Gasteiger partial charge in [0, 0.05) is 45.6 Å². The first kappa shape index (κ1) is 15.7. The summed E-state index contributed by atoms with van der Waals surface area (Å²) in [6, 6.07) is 5.79. The zero-order chi connectivity index (χ0) is 18.2. The number of hydrogen-bond acceptors (Lipinski definition) is 8. The molecule has 5 heterocycles. The normalized spacial score (nSPS) is 14.9. The van der Waals surface area contributed by atoms with Gasteiger partial charge < -0.3 is 9.80 Å². The minimum Gasteiger partial charge on any atom is -0.352 e. The molecule has 5 rings (SSSR count). The average Bonchev–Trinajstić information content (AvgIpc) is 3.39. The monoisotopic (exact) mass is 362 g/mol. The van der Waals surface area contributed by atoms with Gasteiger partial charge in [-0.25, -0.2) is 14.6 Å². The Morgan fingerprint density at radius 2 is 1.67 bits per heavy atom. The van der Waals surface area contributed by atoms with Crippen molar-refractivity contribution < 1.29 is 0 Å². The molecule has 0 bridgehead atoms. The highest BCUT2D eigenvalue weighted by atomic mass is 15.4. The smallest absolute Gasteiger partial charge is 0.175 e. The lowest BCUT2D eigenvalue weighted by atomic mass is 10.2. The SMILES string of the molecule is Cn1ncc2c(N3CCN(c4ccc(-n5cccn5)nn4)CC3)ncnc21. The Kier molecular flexibility index (Phi) is 3.66. The minimum absolute atomic E-state index is 0.711. The van der Waals surface area contributed by atoms with E-state index in [0.29, 0.717) is 5.82 Å². The van der Waals surface area contributed by atoms with E-state index in [-0.39, 0.29) is 0 Å². The molecule has 0 amide bonds. The van der Waals surface area contributed by atoms with Crippen LogP contribution in [0.25, 0.3) is 16.9 Å². The maximum atomic E-state index is 4.49. The van der Waals surface area contributed by atoms with Crippen LogP contribution in [-0.4, -0.2) is 65.9 Å². The molecule has 1 aliphatic heterocycles. The zero-order valence-electron chi connectivity index (χ0n) is 14.8. The highest BCUT2D eigenvalue weighted by Gasteiger charge is 2.22. The molecule has 4 aromatic rings. The van der Waals surface area contributed by atoms with Crippen LogP contribution in [0.15, 0.2) is 43.1 Å². The van der Waals surface area contributed by atoms with E-state index in [2.05, 4.69) is 40.2 Å². The number of piperazine rings is 1. The lowest BCUT2D eigenvalue weighted by Gasteiger charge is -2.35. The molecule has 0 unspecified atom stereocenters. The molecule has 0 N–H and O–H groups in total. The molecular weight excluding hydrogens is 344 g/mol. The third-order valence-corrected chi connectivity index (χ3v) is 4.79. The van der Waals surface area contributed by atoms with Crippen molar-refractivity contribution in [2.75, 3.05) is 36.0 Å². The van der Waals surface area contributed by atoms with E-state index in [0.717, 1.165) is 48.8 Å². The van der Waals surface area contributed by atoms with Crippen molar-refractivity contribution in [2.24, 2.45) is 7.05 Å². The second kappa shape index (κ2) is 6.31. The van der Waals surface area contributed by atoms with E-state index >= 15 is 0 Å². The van der Waals surface area contributed by atoms with Gasteiger partial charge in [-0.15, -0.1) is 10.2 Å². The largest absolute Gasteiger partial charge is 0.352 e. The van der Waals surface area contributed by atoms with Gasteiger partial charge in [-0.2, -0.15) is 10.2 Å². The van der Waals surface area contributed by atoms with Gasteiger partial charge >= 0.3 is 0 Å². The first-order chi connectivity index (χ1) is 13.3. The number of rotatable bonds is 3. The standard InChI is InChI=1S/C17H18N10/c1-24-16-13(11-21-24)17(19-12-18-16)26-9-7-25(8-10-26)14-3-4-15(23-22-14)27-6-2-5-20-27/h2-6,11-12H,7-10H2,1H3. The van der Waals surface area contributed by atoms with E-state index in [1.54, 1.807) is 21.9 Å². The predicted octanol–water partition coefficient (Wildman–Crippen LogP) is 0.666. The van der Waals surface area contributed by atoms with Crippen molar-refractivity contribution in [3.63, 3.8) is 0 Å². The molecule has 10 nitrogen and oxygen atoms in total. The van der Waals surface area contributed by atoms with Gasteiger partial charge in [0.1, 0.15) is 12.1 Å². The lowest BCUT2D eigenvalue weighted by molar-refractivity contribution is 0.638. The Morgan fingerprint density at radius 3 is 2.41 bits per heavy atom. The second-order valence-corrected chi connectivity index (χ2v) is 6.38. The number of anilines is 2. The predicted molar refractivity (Wildman–Crippen MR) is 99.9 cm³/mol. The highest BCUT2D eigenvalue weighted by molar-refractivity contribution is 5.86. The van der Waals surface area contributed by atoms with Crippen LogP contribution < -0.4 is 9.80 Å². The molecule has 1 aliphatic rings. The van der Waals surface area contributed by atoms with Crippen LogP contribution in [0.5, 0.6) is 0 Å². The fourth-order valence-electron chi connectivity index (χ4n) is 3.36. The Balaban J connectivity index is 1.31. The summed E-state index contributed by atoms with van der Waals surface area (Å²) >= 11 is 0. The molecule has 27 heavy (non-hydrogen) atoms. The summed E-state index contributed by atoms with van der Waals surface area (Å²) in [4.78, 5) is 13.3. The van der Waals surface area contributed by atoms with Gasteiger partial charge in [-0.3, -0.25) is 4.68 Å². The second-order valence-electron chi connectivity index (χ2n) is 6.38. The maximum Gasteiger partial charge on any atom is 0.175 e. The fraction of sp³-hybridized carbons (Fsp3) is 0.294. The summed E-state index contributed by atoms with van der Waals surface area (Å²) in [5.41, 5.74) is 0.850. The Labute approximate surface area is 155 Å². The molecule has 10 heteroatoms. The van der Waals surface area contributed by atoms with Crippen molar-refractivity contribution in [1.82, 2.24) is 39.7 Å². The van der Waals surface area contributed by atoms with Crippen molar-refractivity contribution in [1.29, 1.82) is 0 Å². The summed E-state index contributed by atoms with van der Waals surface area (Å²) < 4.78 is 3.47. The number of nitrogens with zero attached hydrogens (tertiary/aromatic N) is 10. The number of aromatic nitrogens is 8. The molecule has 0 atom stereocenters. The summed E-state index contributed by atoms with van der Waals surface area (Å²) in [5.74, 6) is 2.52. The van der Waals surface area contributed by atoms with E-state index in [9.17, 15) is 0 Å². The molecule has 0 aromatic carbocycles. The van der Waals surface area contributed by atoms with Crippen LogP contribution in [-0.2, 0) is 7.05 Å². The number of fused-ring (bicyclic) bond motifs is 1. The Hall–Kier alpha value is -3.56. The molecule has 136 valence electrons. The summed E-state index contributed by atoms with van der Waals surface area (Å²) in [6.45, 7) is 3.40. The molecule has 0 radical (unpaired) electrons. The van der Waals surface area contributed by atoms with Crippen molar-refractivity contribution >= 4 is 22.7 Å². The van der Waals surface area contributed by atoms with Crippen LogP contribution in [0, 0.1) is 0 Å². The summed E-state index contributed by atoms with van der Waals surface area (Å²) in [7, 11) is 1.89. The molecular formula is C17H18N10. The average molecular weight is 362 g/mol. The maximum absolute atomic E-state index is 4.49. The quantitative estimate of drug-likeness (QED) is 0.525. The third kappa shape index (κ3) is 2.75. The molecule has 4 aromatic heterocycles. The van der Waals surface area contributed by atoms with Crippen molar-refractivity contribution in [3.05, 3.63) is 43.1 Å². The van der Waals surface area contributed by atoms with Gasteiger partial charge in [-0.05, 0) is 18.2 Å². The van der Waals surface area contributed by atoms with Crippen molar-refractivity contribution in [3.8, 4) is 5.82 Å². The highest BCUT2D eigenvalue weighted by Crippen LogP contribution is 2.24. The molecule has 1 saturated heterocycles. The van der Waals surface area contributed by atoms with Crippen LogP contribution in [0.1, 0.15) is 0 Å². The summed E-state index contributed by atoms with van der Waals surface area (Å²) in [6.07, 6.45) is 7.01. The fourth-order valence-corrected chi connectivity index (χ4v) is 3.36. The molecule has 1 fully saturated rings. The lowest BCUT2D eigenvalue weighted by Crippen LogP contribution is -2.47. The van der Waals surface area contributed by atoms with E-state index < -0.39 is 0 Å². The Bertz CT molecular complexity index is 1050. The molecule has 0 aliphatic carbocycles. The van der Waals surface area contributed by atoms with Crippen LogP contribution in [0.2, 0.25) is 0 Å². The van der Waals surface area contributed by atoms with Crippen molar-refractivity contribution in [2.45, 2.75) is 0 Å². The van der Waals surface area contributed by atoms with Crippen LogP contribution in [0.4, 0.5) is 11.6 Å². The summed E-state index contributed by atoms with van der Waals surface area (Å²) in [5, 5.41) is 18.1. The molecule has 0 saturated carbocycles. The van der Waals surface area contributed by atoms with Crippen LogP contribution >= 0.6 is 0 Å². The van der Waals surface area contributed by atoms with E-state index in [1.165, 1.54) is 0 Å². The van der Waals surface area contributed by atoms with E-state index in [1.807, 2.05) is 37.6 Å². The molecule has 0 spiro atoms. The van der Waals surface area contributed by atoms with E-state index in [4.69, 9.17) is 0 Å². The van der Waals surface area contributed by atoms with Gasteiger partial charge in [0.25, 0.3) is 0 Å². The van der Waals surface area contributed by atoms with Gasteiger partial charge in [0.2, 0.25) is 0 Å². The first-order valence-electron chi connectivity index (χ1n) is 8.76. The minimum atomic E-state index is 0.711. The number of aryl methyl sites for hydroxylation is 1. The third-order valence-electron chi connectivity index (χ3n) is 4.79. The van der Waals surface area contributed by atoms with Gasteiger partial charge in [-0.1, -0.05) is 0 Å². The topological polar surface area (TPSA) is 93.7 Å². The van der Waals surface area contributed by atoms with Gasteiger partial charge in [0.05, 0.1) is 11.6 Å². The van der Waals surface area contributed by atoms with Crippen LogP contribution in [0.3, 0.4) is 0 Å². The Morgan fingerprint density at radius 1 is 0.889 bits per heavy atom. The van der Waals surface area contributed by atoms with Gasteiger partial charge in [0.15, 0.2) is 17.3 Å². The number of hydrogen-bond donors (Lipinski definition) is 0. The first-order valence-corrected chi connectivity index (χ1v) is 8.76. The zero-order valence-corrected chi connectivity index (χ0v) is 14.8.